The lowest BCUT2D eigenvalue weighted by Gasteiger charge is -2.51. The van der Waals surface area contributed by atoms with Crippen molar-refractivity contribution in [1.29, 1.82) is 0 Å². The Kier molecular flexibility index (Phi) is 7.70. The number of anilines is 1. The Labute approximate surface area is 276 Å². The first kappa shape index (κ1) is 33.5. The van der Waals surface area contributed by atoms with Gasteiger partial charge in [0.05, 0.1) is 33.2 Å². The molecule has 0 radical (unpaired) electrons. The molecule has 0 unspecified atom stereocenters. The van der Waals surface area contributed by atoms with Gasteiger partial charge in [-0.15, -0.1) is 23.2 Å². The predicted octanol–water partition coefficient (Wildman–Crippen LogP) is 4.43. The zero-order valence-electron chi connectivity index (χ0n) is 24.7. The van der Waals surface area contributed by atoms with Crippen LogP contribution in [0.2, 0.25) is 0 Å². The molecule has 2 aromatic carbocycles. The lowest BCUT2D eigenvalue weighted by Crippen LogP contribution is -2.60. The van der Waals surface area contributed by atoms with Gasteiger partial charge in [0, 0.05) is 23.6 Å². The van der Waals surface area contributed by atoms with E-state index in [0.29, 0.717) is 0 Å². The highest BCUT2D eigenvalue weighted by Crippen LogP contribution is 2.67. The quantitative estimate of drug-likeness (QED) is 0.121. The van der Waals surface area contributed by atoms with E-state index in [1.54, 1.807) is 0 Å². The van der Waals surface area contributed by atoms with Gasteiger partial charge >= 0.3 is 6.09 Å². The van der Waals surface area contributed by atoms with Crippen molar-refractivity contribution >= 4 is 58.6 Å². The Balaban J connectivity index is 1.66. The van der Waals surface area contributed by atoms with Crippen LogP contribution in [0.25, 0.3) is 0 Å². The van der Waals surface area contributed by atoms with Gasteiger partial charge < -0.3 is 19.3 Å². The number of halogens is 7. The number of alkyl halides is 2. The van der Waals surface area contributed by atoms with E-state index >= 15 is 8.78 Å². The number of amides is 5. The van der Waals surface area contributed by atoms with Gasteiger partial charge in [-0.05, 0) is 18.8 Å². The molecule has 2 aromatic rings. The van der Waals surface area contributed by atoms with Crippen molar-refractivity contribution < 1.29 is 65.2 Å². The van der Waals surface area contributed by atoms with Crippen molar-refractivity contribution in [1.82, 2.24) is 4.90 Å². The largest absolute Gasteiger partial charge is 0.508 e. The molecule has 0 spiro atoms. The van der Waals surface area contributed by atoms with Crippen LogP contribution in [0.3, 0.4) is 0 Å². The number of methoxy groups -OCH3 is 3. The van der Waals surface area contributed by atoms with E-state index in [2.05, 4.69) is 4.74 Å². The first-order valence-corrected chi connectivity index (χ1v) is 14.7. The number of aromatic hydroxyl groups is 1. The highest BCUT2D eigenvalue weighted by Gasteiger charge is 2.77. The summed E-state index contributed by atoms with van der Waals surface area (Å²) in [5.74, 6) is -24.5. The van der Waals surface area contributed by atoms with Gasteiger partial charge in [0.1, 0.15) is 22.9 Å². The maximum atomic E-state index is 15.2. The summed E-state index contributed by atoms with van der Waals surface area (Å²) in [4.78, 5) is 62.2. The van der Waals surface area contributed by atoms with Gasteiger partial charge in [0.25, 0.3) is 11.8 Å². The van der Waals surface area contributed by atoms with Gasteiger partial charge in [0.2, 0.25) is 17.6 Å². The molecule has 18 heteroatoms. The summed E-state index contributed by atoms with van der Waals surface area (Å²) < 4.78 is 88.6. The number of fused-ring (bicyclic) bond motifs is 4. The molecule has 6 rings (SSSR count). The second kappa shape index (κ2) is 11.1. The summed E-state index contributed by atoms with van der Waals surface area (Å²) in [6, 6.07) is 2.13. The normalized spacial score (nSPS) is 29.4. The van der Waals surface area contributed by atoms with Crippen LogP contribution in [-0.4, -0.2) is 70.8 Å². The minimum Gasteiger partial charge on any atom is -0.508 e. The first-order valence-electron chi connectivity index (χ1n) is 13.9. The minimum absolute atomic E-state index is 0.0677. The number of hydrogen-bond donors (Lipinski definition) is 1. The number of phenolic OH excluding ortho intramolecular Hbond substituents is 1. The predicted molar refractivity (Wildman–Crippen MR) is 152 cm³/mol. The molecule has 2 aliphatic carbocycles. The van der Waals surface area contributed by atoms with Crippen molar-refractivity contribution in [2.75, 3.05) is 26.2 Å². The smallest absolute Gasteiger partial charge is 0.423 e. The molecule has 5 amide bonds. The Bertz CT molecular complexity index is 1860. The molecule has 2 saturated heterocycles. The van der Waals surface area contributed by atoms with Crippen LogP contribution < -0.4 is 14.4 Å². The van der Waals surface area contributed by atoms with Crippen molar-refractivity contribution in [2.45, 2.75) is 28.5 Å². The number of imide groups is 4. The van der Waals surface area contributed by atoms with Crippen LogP contribution in [0.4, 0.5) is 32.4 Å². The summed E-state index contributed by atoms with van der Waals surface area (Å²) >= 11 is 14.1. The van der Waals surface area contributed by atoms with Crippen molar-refractivity contribution in [3.63, 3.8) is 0 Å². The number of allylic oxidation sites excluding steroid dienone is 2. The molecule has 4 aliphatic rings. The van der Waals surface area contributed by atoms with E-state index in [1.807, 2.05) is 0 Å². The number of hydrogen-bond acceptors (Lipinski definition) is 9. The molecule has 0 aromatic heterocycles. The number of likely N-dealkylation sites (tertiary alicyclic amines) is 1. The number of ether oxygens (including phenoxy) is 3. The molecule has 2 aliphatic heterocycles. The number of phenols is 1. The highest BCUT2D eigenvalue weighted by molar-refractivity contribution is 6.58. The molecule has 254 valence electrons. The molecular weight excluding hydrogens is 698 g/mol. The number of carbonyl (C=O) groups is 5. The number of carbonyl (C=O) groups excluding carboxylic acids is 5. The zero-order valence-corrected chi connectivity index (χ0v) is 26.2. The summed E-state index contributed by atoms with van der Waals surface area (Å²) in [6.45, 7) is 0. The standard InChI is InChI=1S/C30H21Cl2F5N2O9/c1-46-13-6-9(40)7-14(47-2)16(13)17-10-4-5-11-15(25(42)39(24(11)41)28(45)48-3)12(10)8-29(31)26(43)38(27(44)30(17,29)32)23-21(36)19(34)18(33)20(35)22(23)37/h4,6-7,11-12,15,17,40H,5,8H2,1-3H3/t11-,12+,15-,17+,29+,30-/m0/s1. The molecule has 3 fully saturated rings. The highest BCUT2D eigenvalue weighted by atomic mass is 35.5. The van der Waals surface area contributed by atoms with Crippen molar-refractivity contribution in [3.8, 4) is 17.2 Å². The molecule has 1 saturated carbocycles. The van der Waals surface area contributed by atoms with E-state index in [4.69, 9.17) is 32.7 Å². The second-order valence-electron chi connectivity index (χ2n) is 11.4. The molecule has 11 nitrogen and oxygen atoms in total. The SMILES string of the molecule is COC(=O)N1C(=O)[C@H]2[C@H](CC=C3[C@H]2C[C@@]2(Cl)C(=O)N(c4c(F)c(F)c(F)c(F)c4F)C(=O)[C@@]2(Cl)[C@H]3c2c(OC)cc(O)cc2OC)C1=O. The summed E-state index contributed by atoms with van der Waals surface area (Å²) in [7, 11) is 3.23. The zero-order chi connectivity index (χ0) is 35.4. The van der Waals surface area contributed by atoms with E-state index in [1.165, 1.54) is 6.08 Å². The third kappa shape index (κ3) is 4.01. The maximum Gasteiger partial charge on any atom is 0.423 e. The van der Waals surface area contributed by atoms with Gasteiger partial charge in [-0.2, -0.15) is 4.90 Å². The Morgan fingerprint density at radius 2 is 1.40 bits per heavy atom. The second-order valence-corrected chi connectivity index (χ2v) is 12.7. The average molecular weight is 719 g/mol. The average Bonchev–Trinajstić information content (AvgIpc) is 3.40. The van der Waals surface area contributed by atoms with E-state index in [9.17, 15) is 42.3 Å². The number of nitrogens with zero attached hydrogens (tertiary/aromatic N) is 2. The molecule has 1 N–H and O–H groups in total. The van der Waals surface area contributed by atoms with Crippen LogP contribution in [0.1, 0.15) is 24.3 Å². The lowest BCUT2D eigenvalue weighted by molar-refractivity contribution is -0.138. The van der Waals surface area contributed by atoms with Gasteiger partial charge in [-0.3, -0.25) is 19.2 Å². The molecule has 0 bridgehead atoms. The first-order chi connectivity index (χ1) is 22.5. The molecule has 6 atom stereocenters. The summed E-state index contributed by atoms with van der Waals surface area (Å²) in [6.07, 6.45) is -0.908. The molecule has 48 heavy (non-hydrogen) atoms. The van der Waals surface area contributed by atoms with E-state index in [0.717, 1.165) is 33.5 Å². The van der Waals surface area contributed by atoms with Crippen molar-refractivity contribution in [3.05, 3.63) is 58.4 Å². The Morgan fingerprint density at radius 3 is 1.92 bits per heavy atom. The van der Waals surface area contributed by atoms with Gasteiger partial charge in [-0.25, -0.2) is 31.6 Å². The van der Waals surface area contributed by atoms with E-state index in [-0.39, 0.29) is 38.9 Å². The van der Waals surface area contributed by atoms with Crippen LogP contribution >= 0.6 is 23.2 Å². The fraction of sp³-hybridized carbons (Fsp3) is 0.367. The third-order valence-corrected chi connectivity index (χ3v) is 10.8. The van der Waals surface area contributed by atoms with Crippen molar-refractivity contribution in [2.24, 2.45) is 17.8 Å². The Hall–Kier alpha value is -4.44. The fourth-order valence-corrected chi connectivity index (χ4v) is 8.28. The van der Waals surface area contributed by atoms with Crippen LogP contribution in [-0.2, 0) is 23.9 Å². The van der Waals surface area contributed by atoms with Crippen LogP contribution in [0.5, 0.6) is 17.2 Å². The van der Waals surface area contributed by atoms with Crippen LogP contribution in [0, 0.1) is 46.8 Å². The number of benzene rings is 2. The minimum atomic E-state index is -2.87. The van der Waals surface area contributed by atoms with Gasteiger partial charge in [0.15, 0.2) is 33.0 Å². The molecule has 2 heterocycles. The lowest BCUT2D eigenvalue weighted by atomic mass is 9.56. The third-order valence-electron chi connectivity index (χ3n) is 9.40. The van der Waals surface area contributed by atoms with E-state index < -0.39 is 110 Å². The van der Waals surface area contributed by atoms with Gasteiger partial charge in [-0.1, -0.05) is 11.6 Å². The maximum absolute atomic E-state index is 15.2. The molecular formula is C30H21Cl2F5N2O9. The fourth-order valence-electron chi connectivity index (χ4n) is 7.36. The van der Waals surface area contributed by atoms with Crippen LogP contribution in [0.15, 0.2) is 23.8 Å². The number of rotatable bonds is 4. The monoisotopic (exact) mass is 718 g/mol. The summed E-state index contributed by atoms with van der Waals surface area (Å²) in [5.41, 5.74) is -2.05. The summed E-state index contributed by atoms with van der Waals surface area (Å²) in [5, 5.41) is 10.3. The Morgan fingerprint density at radius 1 is 0.854 bits per heavy atom. The topological polar surface area (TPSA) is 140 Å².